The van der Waals surface area contributed by atoms with Crippen molar-refractivity contribution in [2.24, 2.45) is 0 Å². The Morgan fingerprint density at radius 3 is 2.79 bits per heavy atom. The van der Waals surface area contributed by atoms with E-state index in [1.54, 1.807) is 19.3 Å². The molecular weight excluding hydrogens is 330 g/mol. The van der Waals surface area contributed by atoms with Crippen molar-refractivity contribution in [1.29, 1.82) is 0 Å². The summed E-state index contributed by atoms with van der Waals surface area (Å²) >= 11 is 6.18. The fourth-order valence-corrected chi connectivity index (χ4v) is 3.05. The van der Waals surface area contributed by atoms with Gasteiger partial charge in [0.1, 0.15) is 0 Å². The van der Waals surface area contributed by atoms with Crippen LogP contribution in [0.2, 0.25) is 5.02 Å². The van der Waals surface area contributed by atoms with Crippen molar-refractivity contribution in [2.45, 2.75) is 26.2 Å². The number of anilines is 1. The zero-order valence-corrected chi connectivity index (χ0v) is 14.4. The van der Waals surface area contributed by atoms with Gasteiger partial charge in [-0.2, -0.15) is 4.98 Å². The van der Waals surface area contributed by atoms with Crippen LogP contribution < -0.4 is 4.90 Å². The average molecular weight is 350 g/mol. The zero-order valence-electron chi connectivity index (χ0n) is 13.6. The monoisotopic (exact) mass is 349 g/mol. The summed E-state index contributed by atoms with van der Waals surface area (Å²) in [5.74, 6) is 1.39. The summed E-state index contributed by atoms with van der Waals surface area (Å²) in [4.78, 5) is 24.6. The first-order chi connectivity index (χ1) is 11.6. The number of aryl methyl sites for hydroxylation is 2. The number of hydrogen-bond acceptors (Lipinski definition) is 6. The summed E-state index contributed by atoms with van der Waals surface area (Å²) in [5.41, 5.74) is 0.977. The molecular formula is C16H20ClN5O2. The number of amides is 1. The van der Waals surface area contributed by atoms with E-state index in [2.05, 4.69) is 20.0 Å². The Kier molecular flexibility index (Phi) is 5.30. The van der Waals surface area contributed by atoms with Gasteiger partial charge in [0.2, 0.25) is 11.8 Å². The van der Waals surface area contributed by atoms with E-state index in [-0.39, 0.29) is 5.91 Å². The van der Waals surface area contributed by atoms with E-state index in [1.807, 2.05) is 11.0 Å². The van der Waals surface area contributed by atoms with Gasteiger partial charge in [-0.3, -0.25) is 9.78 Å². The number of halogens is 1. The highest BCUT2D eigenvalue weighted by Gasteiger charge is 2.22. The molecule has 1 aliphatic heterocycles. The summed E-state index contributed by atoms with van der Waals surface area (Å²) in [6.07, 6.45) is 5.24. The number of piperazine rings is 1. The van der Waals surface area contributed by atoms with Crippen LogP contribution in [0.3, 0.4) is 0 Å². The fourth-order valence-electron chi connectivity index (χ4n) is 2.81. The minimum absolute atomic E-state index is 0.173. The van der Waals surface area contributed by atoms with E-state index in [0.717, 1.165) is 25.2 Å². The molecule has 0 bridgehead atoms. The van der Waals surface area contributed by atoms with Gasteiger partial charge in [-0.25, -0.2) is 0 Å². The van der Waals surface area contributed by atoms with Crippen LogP contribution >= 0.6 is 11.6 Å². The smallest absolute Gasteiger partial charge is 0.226 e. The van der Waals surface area contributed by atoms with Crippen molar-refractivity contribution >= 4 is 23.2 Å². The van der Waals surface area contributed by atoms with Gasteiger partial charge < -0.3 is 14.3 Å². The van der Waals surface area contributed by atoms with E-state index in [9.17, 15) is 4.79 Å². The minimum atomic E-state index is 0.173. The highest BCUT2D eigenvalue weighted by atomic mass is 35.5. The topological polar surface area (TPSA) is 75.4 Å². The molecule has 1 aliphatic rings. The summed E-state index contributed by atoms with van der Waals surface area (Å²) < 4.78 is 5.06. The Hall–Kier alpha value is -2.15. The summed E-state index contributed by atoms with van der Waals surface area (Å²) in [6.45, 7) is 4.75. The average Bonchev–Trinajstić information content (AvgIpc) is 3.01. The Morgan fingerprint density at radius 1 is 1.33 bits per heavy atom. The van der Waals surface area contributed by atoms with Crippen LogP contribution in [0.15, 0.2) is 23.0 Å². The molecule has 7 nitrogen and oxygen atoms in total. The third kappa shape index (κ3) is 4.03. The molecule has 2 aromatic rings. The van der Waals surface area contributed by atoms with Crippen molar-refractivity contribution in [2.75, 3.05) is 31.1 Å². The number of nitrogens with zero attached hydrogens (tertiary/aromatic N) is 5. The van der Waals surface area contributed by atoms with Crippen molar-refractivity contribution in [1.82, 2.24) is 20.0 Å². The molecule has 128 valence electrons. The first-order valence-corrected chi connectivity index (χ1v) is 8.42. The van der Waals surface area contributed by atoms with Crippen molar-refractivity contribution in [3.63, 3.8) is 0 Å². The van der Waals surface area contributed by atoms with Crippen molar-refractivity contribution in [3.8, 4) is 0 Å². The van der Waals surface area contributed by atoms with Crippen LogP contribution in [0.25, 0.3) is 0 Å². The second-order valence-electron chi connectivity index (χ2n) is 5.78. The lowest BCUT2D eigenvalue weighted by Crippen LogP contribution is -2.48. The predicted molar refractivity (Wildman–Crippen MR) is 90.0 cm³/mol. The molecule has 0 aromatic carbocycles. The Bertz CT molecular complexity index is 697. The van der Waals surface area contributed by atoms with Gasteiger partial charge in [-0.1, -0.05) is 16.8 Å². The van der Waals surface area contributed by atoms with Gasteiger partial charge in [-0.15, -0.1) is 0 Å². The number of pyridine rings is 1. The summed E-state index contributed by atoms with van der Waals surface area (Å²) in [7, 11) is 0. The highest BCUT2D eigenvalue weighted by molar-refractivity contribution is 6.33. The Balaban J connectivity index is 1.44. The number of aromatic nitrogens is 3. The third-order valence-corrected chi connectivity index (χ3v) is 4.37. The maximum Gasteiger partial charge on any atom is 0.226 e. The quantitative estimate of drug-likeness (QED) is 0.822. The molecule has 3 rings (SSSR count). The molecule has 0 saturated carbocycles. The molecule has 0 unspecified atom stereocenters. The molecule has 0 spiro atoms. The normalized spacial score (nSPS) is 14.9. The van der Waals surface area contributed by atoms with E-state index in [1.165, 1.54) is 0 Å². The summed E-state index contributed by atoms with van der Waals surface area (Å²) in [6, 6.07) is 1.91. The van der Waals surface area contributed by atoms with E-state index in [0.29, 0.717) is 42.7 Å². The van der Waals surface area contributed by atoms with Crippen molar-refractivity contribution < 1.29 is 9.32 Å². The lowest BCUT2D eigenvalue weighted by atomic mass is 10.2. The third-order valence-electron chi connectivity index (χ3n) is 4.08. The number of rotatable bonds is 5. The molecule has 0 atom stereocenters. The van der Waals surface area contributed by atoms with Gasteiger partial charge in [-0.05, 0) is 19.4 Å². The standard InChI is InChI=1S/C16H20ClN5O2/c1-12-19-15(24-20-12)3-2-4-16(23)22-9-7-21(8-10-22)14-5-6-18-11-13(14)17/h5-6,11H,2-4,7-10H2,1H3. The van der Waals surface area contributed by atoms with Gasteiger partial charge >= 0.3 is 0 Å². The second kappa shape index (κ2) is 7.61. The van der Waals surface area contributed by atoms with E-state index >= 15 is 0 Å². The lowest BCUT2D eigenvalue weighted by Gasteiger charge is -2.36. The fraction of sp³-hybridized carbons (Fsp3) is 0.500. The first kappa shape index (κ1) is 16.7. The SMILES string of the molecule is Cc1noc(CCCC(=O)N2CCN(c3ccncc3Cl)CC2)n1. The van der Waals surface area contributed by atoms with Crippen LogP contribution in [0.1, 0.15) is 24.6 Å². The molecule has 1 fully saturated rings. The zero-order chi connectivity index (χ0) is 16.9. The van der Waals surface area contributed by atoms with Crippen LogP contribution in [-0.2, 0) is 11.2 Å². The Morgan fingerprint density at radius 2 is 2.12 bits per heavy atom. The largest absolute Gasteiger partial charge is 0.367 e. The van der Waals surface area contributed by atoms with Gasteiger partial charge in [0.05, 0.1) is 10.7 Å². The van der Waals surface area contributed by atoms with Crippen LogP contribution in [0, 0.1) is 6.92 Å². The molecule has 3 heterocycles. The van der Waals surface area contributed by atoms with Gasteiger partial charge in [0.15, 0.2) is 5.82 Å². The van der Waals surface area contributed by atoms with Crippen LogP contribution in [0.5, 0.6) is 0 Å². The van der Waals surface area contributed by atoms with Gasteiger partial charge in [0.25, 0.3) is 0 Å². The molecule has 1 amide bonds. The predicted octanol–water partition coefficient (Wildman–Crippen LogP) is 2.10. The summed E-state index contributed by atoms with van der Waals surface area (Å²) in [5, 5.41) is 4.39. The number of carbonyl (C=O) groups is 1. The molecule has 0 radical (unpaired) electrons. The highest BCUT2D eigenvalue weighted by Crippen LogP contribution is 2.25. The Labute approximate surface area is 145 Å². The van der Waals surface area contributed by atoms with Crippen LogP contribution in [0.4, 0.5) is 5.69 Å². The van der Waals surface area contributed by atoms with Gasteiger partial charge in [0, 0.05) is 51.4 Å². The minimum Gasteiger partial charge on any atom is -0.367 e. The molecule has 2 aromatic heterocycles. The molecule has 0 N–H and O–H groups in total. The maximum absolute atomic E-state index is 12.3. The maximum atomic E-state index is 12.3. The number of carbonyl (C=O) groups excluding carboxylic acids is 1. The molecule has 0 aliphatic carbocycles. The van der Waals surface area contributed by atoms with Crippen LogP contribution in [-0.4, -0.2) is 52.1 Å². The number of hydrogen-bond donors (Lipinski definition) is 0. The van der Waals surface area contributed by atoms with E-state index in [4.69, 9.17) is 16.1 Å². The van der Waals surface area contributed by atoms with Crippen molar-refractivity contribution in [3.05, 3.63) is 35.2 Å². The molecule has 8 heteroatoms. The second-order valence-corrected chi connectivity index (χ2v) is 6.19. The molecule has 24 heavy (non-hydrogen) atoms. The van der Waals surface area contributed by atoms with E-state index < -0.39 is 0 Å². The molecule has 1 saturated heterocycles. The first-order valence-electron chi connectivity index (χ1n) is 8.05. The lowest BCUT2D eigenvalue weighted by molar-refractivity contribution is -0.131.